The highest BCUT2D eigenvalue weighted by molar-refractivity contribution is 7.92. The highest BCUT2D eigenvalue weighted by atomic mass is 35.5. The Morgan fingerprint density at radius 1 is 1.05 bits per heavy atom. The van der Waals surface area contributed by atoms with Crippen molar-refractivity contribution in [1.29, 1.82) is 0 Å². The molecule has 11 heteroatoms. The normalized spacial score (nSPS) is 26.1. The number of hydrogen-bond donors (Lipinski definition) is 2. The van der Waals surface area contributed by atoms with Crippen molar-refractivity contribution < 1.29 is 22.7 Å². The summed E-state index contributed by atoms with van der Waals surface area (Å²) in [5.41, 5.74) is 6.60. The molecule has 0 aromatic heterocycles. The molecular formula is C29H35ClN4O5S. The standard InChI is InChI=1S/C29H35ClN4O5S/c30-25-11-10-23-17-24(25)28(36)33-19-21(29(20-33)12-15-39-16-13-29)18-32-27(35)26(31)9-5-2-6-14-34(40(23,37)38)22-7-3-1-4-8-22/h1-4,6-8,10-11,17,21,26H,5,9,12-16,18-20,31H2,(H,32,35)/b6-2+. The largest absolute Gasteiger partial charge is 0.381 e. The Balaban J connectivity index is 1.55. The van der Waals surface area contributed by atoms with Crippen molar-refractivity contribution in [3.05, 3.63) is 71.3 Å². The molecule has 0 radical (unpaired) electrons. The average Bonchev–Trinajstić information content (AvgIpc) is 3.30. The number of nitrogens with zero attached hydrogens (tertiary/aromatic N) is 2. The molecule has 2 aromatic rings. The van der Waals surface area contributed by atoms with Crippen molar-refractivity contribution >= 4 is 39.1 Å². The Bertz CT molecular complexity index is 1380. The quantitative estimate of drug-likeness (QED) is 0.495. The maximum atomic E-state index is 13.9. The maximum absolute atomic E-state index is 13.9. The summed E-state index contributed by atoms with van der Waals surface area (Å²) in [6, 6.07) is 12.4. The van der Waals surface area contributed by atoms with Crippen LogP contribution >= 0.6 is 11.6 Å². The van der Waals surface area contributed by atoms with Gasteiger partial charge in [0, 0.05) is 38.8 Å². The molecule has 3 aliphatic rings. The van der Waals surface area contributed by atoms with Crippen molar-refractivity contribution in [2.45, 2.75) is 36.6 Å². The van der Waals surface area contributed by atoms with Crippen molar-refractivity contribution in [3.8, 4) is 0 Å². The lowest BCUT2D eigenvalue weighted by Crippen LogP contribution is -2.46. The van der Waals surface area contributed by atoms with Crippen LogP contribution in [-0.4, -0.2) is 70.6 Å². The molecule has 3 N–H and O–H groups in total. The van der Waals surface area contributed by atoms with Crippen LogP contribution in [0.5, 0.6) is 0 Å². The summed E-state index contributed by atoms with van der Waals surface area (Å²) < 4.78 is 34.8. The van der Waals surface area contributed by atoms with Gasteiger partial charge in [0.2, 0.25) is 5.91 Å². The van der Waals surface area contributed by atoms with E-state index in [2.05, 4.69) is 5.32 Å². The van der Waals surface area contributed by atoms with Crippen LogP contribution in [0.4, 0.5) is 5.69 Å². The summed E-state index contributed by atoms with van der Waals surface area (Å²) in [5, 5.41) is 3.21. The number of rotatable bonds is 1. The molecule has 214 valence electrons. The third-order valence-electron chi connectivity index (χ3n) is 8.33. The number of ether oxygens (including phenoxy) is 1. The number of fused-ring (bicyclic) bond motifs is 5. The SMILES string of the molecule is NC1CC/C=C/CN(c2ccccc2)S(=O)(=O)c2ccc(Cl)c(c2)C(=O)N2CC(CNC1=O)C1(CCOCC1)C2. The van der Waals surface area contributed by atoms with E-state index in [1.54, 1.807) is 35.2 Å². The highest BCUT2D eigenvalue weighted by Gasteiger charge is 2.49. The Labute approximate surface area is 240 Å². The van der Waals surface area contributed by atoms with Gasteiger partial charge in [-0.1, -0.05) is 42.0 Å². The van der Waals surface area contributed by atoms with Crippen LogP contribution in [0.25, 0.3) is 0 Å². The molecule has 2 saturated heterocycles. The van der Waals surface area contributed by atoms with E-state index in [1.165, 1.54) is 22.5 Å². The predicted molar refractivity (Wildman–Crippen MR) is 154 cm³/mol. The fourth-order valence-corrected chi connectivity index (χ4v) is 7.57. The number of hydrogen-bond acceptors (Lipinski definition) is 6. The minimum Gasteiger partial charge on any atom is -0.381 e. The first-order valence-corrected chi connectivity index (χ1v) is 15.5. The van der Waals surface area contributed by atoms with E-state index in [4.69, 9.17) is 22.1 Å². The lowest BCUT2D eigenvalue weighted by atomic mass is 9.72. The fourth-order valence-electron chi connectivity index (χ4n) is 5.93. The molecule has 3 heterocycles. The van der Waals surface area contributed by atoms with Gasteiger partial charge < -0.3 is 20.7 Å². The predicted octanol–water partition coefficient (Wildman–Crippen LogP) is 3.20. The first kappa shape index (κ1) is 28.6. The Hall–Kier alpha value is -2.92. The van der Waals surface area contributed by atoms with Crippen LogP contribution in [-0.2, 0) is 19.6 Å². The van der Waals surface area contributed by atoms with Gasteiger partial charge >= 0.3 is 0 Å². The van der Waals surface area contributed by atoms with E-state index in [0.29, 0.717) is 51.4 Å². The van der Waals surface area contributed by atoms with Gasteiger partial charge in [-0.25, -0.2) is 8.42 Å². The third kappa shape index (κ3) is 5.76. The molecular weight excluding hydrogens is 552 g/mol. The number of sulfonamides is 1. The van der Waals surface area contributed by atoms with E-state index in [-0.39, 0.29) is 45.2 Å². The first-order chi connectivity index (χ1) is 19.2. The molecule has 2 atom stereocenters. The summed E-state index contributed by atoms with van der Waals surface area (Å²) in [6.07, 6.45) is 6.07. The van der Waals surface area contributed by atoms with Crippen LogP contribution in [0.15, 0.2) is 65.6 Å². The Morgan fingerprint density at radius 3 is 2.55 bits per heavy atom. The fraction of sp³-hybridized carbons (Fsp3) is 0.448. The van der Waals surface area contributed by atoms with Gasteiger partial charge in [0.1, 0.15) is 0 Å². The van der Waals surface area contributed by atoms with E-state index in [0.717, 1.165) is 12.8 Å². The molecule has 2 unspecified atom stereocenters. The van der Waals surface area contributed by atoms with Gasteiger partial charge in [0.25, 0.3) is 15.9 Å². The number of nitrogens with two attached hydrogens (primary N) is 1. The lowest BCUT2D eigenvalue weighted by molar-refractivity contribution is -0.122. The van der Waals surface area contributed by atoms with Crippen molar-refractivity contribution in [2.24, 2.45) is 17.1 Å². The molecule has 4 bridgehead atoms. The third-order valence-corrected chi connectivity index (χ3v) is 10.4. The van der Waals surface area contributed by atoms with E-state index < -0.39 is 16.1 Å². The zero-order chi connectivity index (χ0) is 28.3. The van der Waals surface area contributed by atoms with E-state index in [9.17, 15) is 18.0 Å². The van der Waals surface area contributed by atoms with Gasteiger partial charge in [-0.05, 0) is 61.4 Å². The first-order valence-electron chi connectivity index (χ1n) is 13.6. The van der Waals surface area contributed by atoms with Crippen molar-refractivity contribution in [2.75, 3.05) is 43.7 Å². The molecule has 9 nitrogen and oxygen atoms in total. The van der Waals surface area contributed by atoms with E-state index >= 15 is 0 Å². The number of para-hydroxylation sites is 1. The number of benzene rings is 2. The van der Waals surface area contributed by atoms with Gasteiger partial charge in [-0.2, -0.15) is 0 Å². The molecule has 0 saturated carbocycles. The molecule has 5 rings (SSSR count). The summed E-state index contributed by atoms with van der Waals surface area (Å²) in [7, 11) is -4.05. The number of amides is 2. The molecule has 40 heavy (non-hydrogen) atoms. The minimum atomic E-state index is -4.05. The van der Waals surface area contributed by atoms with Crippen LogP contribution < -0.4 is 15.4 Å². The molecule has 1 spiro atoms. The van der Waals surface area contributed by atoms with Crippen LogP contribution in [0.1, 0.15) is 36.0 Å². The van der Waals surface area contributed by atoms with Crippen molar-refractivity contribution in [1.82, 2.24) is 10.2 Å². The second-order valence-electron chi connectivity index (χ2n) is 10.8. The molecule has 3 aliphatic heterocycles. The smallest absolute Gasteiger partial charge is 0.264 e. The van der Waals surface area contributed by atoms with Gasteiger partial charge in [-0.15, -0.1) is 0 Å². The Morgan fingerprint density at radius 2 is 1.80 bits per heavy atom. The number of carbonyl (C=O) groups is 2. The summed E-state index contributed by atoms with van der Waals surface area (Å²) in [5.74, 6) is -0.550. The summed E-state index contributed by atoms with van der Waals surface area (Å²) in [4.78, 5) is 28.4. The monoisotopic (exact) mass is 586 g/mol. The zero-order valence-electron chi connectivity index (χ0n) is 22.3. The summed E-state index contributed by atoms with van der Waals surface area (Å²) in [6.45, 7) is 2.54. The summed E-state index contributed by atoms with van der Waals surface area (Å²) >= 11 is 6.50. The van der Waals surface area contributed by atoms with Gasteiger partial charge in [0.05, 0.1) is 33.8 Å². The highest BCUT2D eigenvalue weighted by Crippen LogP contribution is 2.44. The van der Waals surface area contributed by atoms with Gasteiger partial charge in [-0.3, -0.25) is 13.9 Å². The van der Waals surface area contributed by atoms with Crippen molar-refractivity contribution in [3.63, 3.8) is 0 Å². The molecule has 2 aromatic carbocycles. The van der Waals surface area contributed by atoms with Crippen LogP contribution in [0, 0.1) is 11.3 Å². The average molecular weight is 587 g/mol. The maximum Gasteiger partial charge on any atom is 0.264 e. The molecule has 2 fully saturated rings. The Kier molecular flexibility index (Phi) is 8.51. The number of allylic oxidation sites excluding steroid dienone is 1. The molecule has 2 amide bonds. The number of halogens is 1. The van der Waals surface area contributed by atoms with Crippen LogP contribution in [0.2, 0.25) is 5.02 Å². The minimum absolute atomic E-state index is 0.00884. The second kappa shape index (κ2) is 11.9. The topological polar surface area (TPSA) is 122 Å². The molecule has 0 aliphatic carbocycles. The van der Waals surface area contributed by atoms with Crippen LogP contribution in [0.3, 0.4) is 0 Å². The second-order valence-corrected chi connectivity index (χ2v) is 13.0. The van der Waals surface area contributed by atoms with E-state index in [1.807, 2.05) is 12.1 Å². The number of anilines is 1. The number of carbonyl (C=O) groups excluding carboxylic acids is 2. The number of nitrogens with one attached hydrogen (secondary N) is 1. The lowest BCUT2D eigenvalue weighted by Gasteiger charge is -2.38. The zero-order valence-corrected chi connectivity index (χ0v) is 23.9. The van der Waals surface area contributed by atoms with Gasteiger partial charge in [0.15, 0.2) is 0 Å².